The van der Waals surface area contributed by atoms with Crippen LogP contribution in [0.15, 0.2) is 30.3 Å². The summed E-state index contributed by atoms with van der Waals surface area (Å²) >= 11 is 0. The van der Waals surface area contributed by atoms with Gasteiger partial charge in [0.1, 0.15) is 17.0 Å². The van der Waals surface area contributed by atoms with E-state index in [-0.39, 0.29) is 17.8 Å². The topological polar surface area (TPSA) is 86.1 Å². The van der Waals surface area contributed by atoms with E-state index in [1.807, 2.05) is 4.72 Å². The van der Waals surface area contributed by atoms with E-state index in [0.717, 1.165) is 0 Å². The van der Waals surface area contributed by atoms with Crippen molar-refractivity contribution in [2.45, 2.75) is 6.54 Å². The number of ether oxygens (including phenoxy) is 1. The van der Waals surface area contributed by atoms with Crippen molar-refractivity contribution in [3.05, 3.63) is 47.5 Å². The van der Waals surface area contributed by atoms with Gasteiger partial charge in [-0.25, -0.2) is 26.6 Å². The molecule has 0 atom stereocenters. The van der Waals surface area contributed by atoms with Crippen molar-refractivity contribution in [1.29, 1.82) is 0 Å². The Kier molecular flexibility index (Phi) is 4.40. The second-order valence-corrected chi connectivity index (χ2v) is 5.65. The van der Waals surface area contributed by atoms with Crippen LogP contribution in [0.25, 0.3) is 16.7 Å². The smallest absolute Gasteiger partial charge is 0.201 e. The molecular weight excluding hydrogens is 342 g/mol. The molecule has 0 spiro atoms. The maximum Gasteiger partial charge on any atom is 0.201 e. The van der Waals surface area contributed by atoms with E-state index in [0.29, 0.717) is 16.8 Å². The van der Waals surface area contributed by atoms with E-state index in [4.69, 9.17) is 4.74 Å². The molecule has 24 heavy (non-hydrogen) atoms. The van der Waals surface area contributed by atoms with Crippen molar-refractivity contribution in [3.63, 3.8) is 0 Å². The highest BCUT2D eigenvalue weighted by Gasteiger charge is 2.17. The quantitative estimate of drug-likeness (QED) is 0.675. The predicted octanol–water partition coefficient (Wildman–Crippen LogP) is 1.32. The first-order valence-electron chi connectivity index (χ1n) is 6.76. The van der Waals surface area contributed by atoms with Crippen LogP contribution in [-0.4, -0.2) is 30.5 Å². The molecule has 10 heteroatoms. The number of methoxy groups -OCH3 is 1. The number of halogens is 2. The van der Waals surface area contributed by atoms with Gasteiger partial charge < -0.3 is 4.74 Å². The van der Waals surface area contributed by atoms with Gasteiger partial charge >= 0.3 is 0 Å². The van der Waals surface area contributed by atoms with Crippen LogP contribution in [0.4, 0.5) is 8.78 Å². The van der Waals surface area contributed by atoms with Gasteiger partial charge in [0.25, 0.3) is 0 Å². The van der Waals surface area contributed by atoms with Crippen molar-refractivity contribution in [2.24, 2.45) is 0 Å². The fraction of sp³-hybridized carbons (Fsp3) is 0.143. The summed E-state index contributed by atoms with van der Waals surface area (Å²) in [4.78, 5) is 0. The zero-order valence-corrected chi connectivity index (χ0v) is 13.3. The third kappa shape index (κ3) is 2.93. The van der Waals surface area contributed by atoms with E-state index in [9.17, 15) is 17.2 Å². The van der Waals surface area contributed by atoms with E-state index < -0.39 is 22.5 Å². The van der Waals surface area contributed by atoms with Crippen molar-refractivity contribution in [3.8, 4) is 11.4 Å². The average molecular weight is 354 g/mol. The van der Waals surface area contributed by atoms with Crippen LogP contribution in [0.2, 0.25) is 0 Å². The van der Waals surface area contributed by atoms with Crippen LogP contribution in [0.3, 0.4) is 0 Å². The summed E-state index contributed by atoms with van der Waals surface area (Å²) in [5, 5.41) is 7.75. The lowest BCUT2D eigenvalue weighted by Crippen LogP contribution is -2.13. The van der Waals surface area contributed by atoms with Crippen LogP contribution < -0.4 is 9.46 Å². The summed E-state index contributed by atoms with van der Waals surface area (Å²) in [6.45, 7) is -0.336. The standard InChI is InChI=1S/C14H12F2N4O3S/c1-23-9-3-5-11-10(6-9)18-19-20(11)12-4-2-8(7-17-24(21)22)13(15)14(12)16/h2-6,24H,7H2,1H3,(H,17,21,22). The molecule has 0 aliphatic heterocycles. The van der Waals surface area contributed by atoms with Gasteiger partial charge in [-0.05, 0) is 18.2 Å². The van der Waals surface area contributed by atoms with Crippen LogP contribution in [-0.2, 0) is 17.4 Å². The highest BCUT2D eigenvalue weighted by Crippen LogP contribution is 2.24. The maximum atomic E-state index is 14.4. The van der Waals surface area contributed by atoms with Gasteiger partial charge in [0.15, 0.2) is 11.6 Å². The number of nitrogens with one attached hydrogen (secondary N) is 1. The summed E-state index contributed by atoms with van der Waals surface area (Å²) in [6.07, 6.45) is 0. The molecule has 0 saturated carbocycles. The van der Waals surface area contributed by atoms with Crippen molar-refractivity contribution in [1.82, 2.24) is 19.7 Å². The van der Waals surface area contributed by atoms with Gasteiger partial charge in [-0.2, -0.15) is 0 Å². The second-order valence-electron chi connectivity index (χ2n) is 4.82. The fourth-order valence-electron chi connectivity index (χ4n) is 2.24. The Bertz CT molecular complexity index is 980. The molecule has 3 aromatic rings. The van der Waals surface area contributed by atoms with E-state index in [1.54, 1.807) is 18.2 Å². The Hall–Kier alpha value is -2.59. The molecule has 0 radical (unpaired) electrons. The van der Waals surface area contributed by atoms with Crippen LogP contribution in [0, 0.1) is 11.6 Å². The molecule has 0 fully saturated rings. The van der Waals surface area contributed by atoms with Crippen LogP contribution in [0.5, 0.6) is 5.75 Å². The van der Waals surface area contributed by atoms with Gasteiger partial charge in [0.05, 0.1) is 12.6 Å². The normalized spacial score (nSPS) is 11.3. The largest absolute Gasteiger partial charge is 0.497 e. The minimum atomic E-state index is -2.90. The summed E-state index contributed by atoms with van der Waals surface area (Å²) in [6, 6.07) is 7.50. The molecule has 1 aromatic heterocycles. The fourth-order valence-corrected chi connectivity index (χ4v) is 2.54. The van der Waals surface area contributed by atoms with Crippen LogP contribution >= 0.6 is 0 Å². The van der Waals surface area contributed by atoms with E-state index in [1.165, 1.54) is 23.9 Å². The second kappa shape index (κ2) is 6.49. The predicted molar refractivity (Wildman–Crippen MR) is 82.5 cm³/mol. The van der Waals surface area contributed by atoms with Crippen molar-refractivity contribution >= 4 is 21.9 Å². The summed E-state index contributed by atoms with van der Waals surface area (Å²) in [7, 11) is -1.39. The Morgan fingerprint density at radius 2 is 2.00 bits per heavy atom. The van der Waals surface area contributed by atoms with E-state index in [2.05, 4.69) is 10.3 Å². The zero-order valence-electron chi connectivity index (χ0n) is 12.4. The molecule has 3 rings (SSSR count). The molecule has 7 nitrogen and oxygen atoms in total. The number of nitrogens with zero attached hydrogens (tertiary/aromatic N) is 3. The Balaban J connectivity index is 2.05. The van der Waals surface area contributed by atoms with Gasteiger partial charge in [0, 0.05) is 18.2 Å². The summed E-state index contributed by atoms with van der Waals surface area (Å²) in [5.74, 6) is -1.72. The number of aromatic nitrogens is 3. The molecule has 2 aromatic carbocycles. The average Bonchev–Trinajstić information content (AvgIpc) is 2.99. The number of benzene rings is 2. The van der Waals surface area contributed by atoms with Gasteiger partial charge in [-0.3, -0.25) is 0 Å². The number of fused-ring (bicyclic) bond motifs is 1. The minimum Gasteiger partial charge on any atom is -0.497 e. The van der Waals surface area contributed by atoms with Crippen molar-refractivity contribution < 1.29 is 21.9 Å². The minimum absolute atomic E-state index is 0.110. The molecule has 0 aliphatic rings. The molecule has 1 N–H and O–H groups in total. The van der Waals surface area contributed by atoms with Crippen molar-refractivity contribution in [2.75, 3.05) is 7.11 Å². The molecule has 0 amide bonds. The molecule has 0 saturated heterocycles. The lowest BCUT2D eigenvalue weighted by Gasteiger charge is -2.08. The van der Waals surface area contributed by atoms with Crippen LogP contribution in [0.1, 0.15) is 5.56 Å². The third-order valence-corrected chi connectivity index (χ3v) is 3.84. The first kappa shape index (κ1) is 16.3. The number of thiol groups is 1. The maximum absolute atomic E-state index is 14.4. The number of rotatable bonds is 5. The lowest BCUT2D eigenvalue weighted by atomic mass is 10.1. The van der Waals surface area contributed by atoms with Gasteiger partial charge in [-0.15, -0.1) is 5.10 Å². The first-order valence-corrected chi connectivity index (χ1v) is 7.93. The summed E-state index contributed by atoms with van der Waals surface area (Å²) in [5.41, 5.74) is 0.697. The molecule has 0 aliphatic carbocycles. The molecular formula is C14H12F2N4O3S. The summed E-state index contributed by atoms with van der Waals surface area (Å²) < 4.78 is 57.7. The Morgan fingerprint density at radius 3 is 2.71 bits per heavy atom. The van der Waals surface area contributed by atoms with E-state index >= 15 is 0 Å². The first-order chi connectivity index (χ1) is 11.5. The molecule has 0 bridgehead atoms. The monoisotopic (exact) mass is 354 g/mol. The molecule has 1 heterocycles. The SMILES string of the molecule is COc1ccc2c(c1)nnn2-c1ccc(CN[SH](=O)=O)c(F)c1F. The molecule has 126 valence electrons. The third-order valence-electron chi connectivity index (χ3n) is 3.42. The lowest BCUT2D eigenvalue weighted by molar-refractivity contribution is 0.415. The zero-order chi connectivity index (χ0) is 17.3. The van der Waals surface area contributed by atoms with Gasteiger partial charge in [0.2, 0.25) is 10.9 Å². The van der Waals surface area contributed by atoms with Gasteiger partial charge in [-0.1, -0.05) is 11.3 Å². The number of hydrogen-bond acceptors (Lipinski definition) is 5. The molecule has 0 unspecified atom stereocenters. The number of hydrogen-bond donors (Lipinski definition) is 2. The highest BCUT2D eigenvalue weighted by molar-refractivity contribution is 7.70. The Labute approximate surface area is 136 Å². The highest BCUT2D eigenvalue weighted by atomic mass is 32.2. The Morgan fingerprint density at radius 1 is 1.21 bits per heavy atom.